The number of halogens is 1. The molecule has 4 saturated carbocycles. The Kier molecular flexibility index (Phi) is 3.91. The van der Waals surface area contributed by atoms with Crippen molar-refractivity contribution >= 4 is 5.78 Å². The molecule has 3 heteroatoms. The van der Waals surface area contributed by atoms with Crippen molar-refractivity contribution in [2.45, 2.75) is 83.9 Å². The van der Waals surface area contributed by atoms with Crippen LogP contribution in [-0.2, 0) is 4.79 Å². The molecule has 4 aliphatic rings. The van der Waals surface area contributed by atoms with Crippen LogP contribution in [0.5, 0.6) is 0 Å². The van der Waals surface area contributed by atoms with E-state index in [9.17, 15) is 9.90 Å². The first-order valence-electron chi connectivity index (χ1n) is 10.1. The van der Waals surface area contributed by atoms with Gasteiger partial charge in [0, 0.05) is 5.92 Å². The number of hydrogen-bond acceptors (Lipinski definition) is 2. The monoisotopic (exact) mass is 336 g/mol. The van der Waals surface area contributed by atoms with Gasteiger partial charge in [0.2, 0.25) is 0 Å². The van der Waals surface area contributed by atoms with Crippen molar-refractivity contribution in [1.29, 1.82) is 0 Å². The van der Waals surface area contributed by atoms with E-state index in [1.807, 2.05) is 6.92 Å². The van der Waals surface area contributed by atoms with Crippen LogP contribution in [0.15, 0.2) is 0 Å². The zero-order valence-electron chi connectivity index (χ0n) is 15.4. The molecule has 0 aromatic rings. The summed E-state index contributed by atoms with van der Waals surface area (Å²) in [4.78, 5) is 12.1. The van der Waals surface area contributed by atoms with Crippen molar-refractivity contribution in [2.24, 2.45) is 40.9 Å². The Labute approximate surface area is 145 Å². The van der Waals surface area contributed by atoms with E-state index in [1.165, 1.54) is 0 Å². The third-order valence-corrected chi connectivity index (χ3v) is 8.74. The molecule has 0 aromatic carbocycles. The fourth-order valence-electron chi connectivity index (χ4n) is 7.67. The van der Waals surface area contributed by atoms with Gasteiger partial charge in [-0.25, -0.2) is 4.39 Å². The quantitative estimate of drug-likeness (QED) is 0.763. The predicted molar refractivity (Wildman–Crippen MR) is 92.2 cm³/mol. The number of carbonyl (C=O) groups excluding carboxylic acids is 1. The van der Waals surface area contributed by atoms with E-state index in [0.29, 0.717) is 42.3 Å². The lowest BCUT2D eigenvalue weighted by atomic mass is 9.48. The van der Waals surface area contributed by atoms with Crippen molar-refractivity contribution in [2.75, 3.05) is 0 Å². The molecule has 136 valence electrons. The lowest BCUT2D eigenvalue weighted by Crippen LogP contribution is -2.54. The second-order valence-electron chi connectivity index (χ2n) is 10.0. The molecule has 0 unspecified atom stereocenters. The molecule has 2 nitrogen and oxygen atoms in total. The molecule has 0 spiro atoms. The van der Waals surface area contributed by atoms with Gasteiger partial charge in [0.05, 0.1) is 5.60 Å². The number of rotatable bonds is 1. The summed E-state index contributed by atoms with van der Waals surface area (Å²) in [5.41, 5.74) is -0.561. The molecular weight excluding hydrogens is 303 g/mol. The Morgan fingerprint density at radius 3 is 2.38 bits per heavy atom. The molecular formula is C21H33FO2. The molecule has 4 rings (SSSR count). The Bertz CT molecular complexity index is 530. The zero-order valence-corrected chi connectivity index (χ0v) is 15.4. The molecule has 1 N–H and O–H groups in total. The van der Waals surface area contributed by atoms with Crippen molar-refractivity contribution < 1.29 is 14.3 Å². The maximum Gasteiger partial charge on any atom is 0.133 e. The summed E-state index contributed by atoms with van der Waals surface area (Å²) in [6.07, 6.45) is 6.79. The first-order valence-corrected chi connectivity index (χ1v) is 10.1. The Hall–Kier alpha value is -0.440. The number of fused-ring (bicyclic) bond motifs is 5. The highest BCUT2D eigenvalue weighted by Crippen LogP contribution is 2.64. The zero-order chi connectivity index (χ0) is 17.3. The SMILES string of the molecule is CC(=O)[C@H]1CC[C@H]2[C@@H]3C[C@@H](F)[C@@H]4C[C@](C)(O)CC[C@@H]4[C@H]3CC[C@]12C. The Morgan fingerprint density at radius 1 is 1.00 bits per heavy atom. The van der Waals surface area contributed by atoms with Gasteiger partial charge in [-0.1, -0.05) is 6.92 Å². The fourth-order valence-corrected chi connectivity index (χ4v) is 7.67. The van der Waals surface area contributed by atoms with Gasteiger partial charge < -0.3 is 5.11 Å². The number of alkyl halides is 1. The topological polar surface area (TPSA) is 37.3 Å². The summed E-state index contributed by atoms with van der Waals surface area (Å²) in [5, 5.41) is 10.4. The number of hydrogen-bond donors (Lipinski definition) is 1. The third kappa shape index (κ3) is 2.40. The average molecular weight is 336 g/mol. The second kappa shape index (κ2) is 5.53. The van der Waals surface area contributed by atoms with Crippen LogP contribution in [0.2, 0.25) is 0 Å². The van der Waals surface area contributed by atoms with E-state index < -0.39 is 11.8 Å². The highest BCUT2D eigenvalue weighted by atomic mass is 19.1. The fraction of sp³-hybridized carbons (Fsp3) is 0.952. The van der Waals surface area contributed by atoms with Crippen LogP contribution in [0.3, 0.4) is 0 Å². The summed E-state index contributed by atoms with van der Waals surface area (Å²) >= 11 is 0. The van der Waals surface area contributed by atoms with Gasteiger partial charge >= 0.3 is 0 Å². The highest BCUT2D eigenvalue weighted by Gasteiger charge is 2.60. The van der Waals surface area contributed by atoms with Crippen LogP contribution < -0.4 is 0 Å². The minimum atomic E-state index is -0.762. The summed E-state index contributed by atoms with van der Waals surface area (Å²) in [5.74, 6) is 2.69. The summed E-state index contributed by atoms with van der Waals surface area (Å²) < 4.78 is 15.1. The summed E-state index contributed by atoms with van der Waals surface area (Å²) in [6, 6.07) is 0. The van der Waals surface area contributed by atoms with Crippen molar-refractivity contribution in [3.8, 4) is 0 Å². The molecule has 0 radical (unpaired) electrons. The van der Waals surface area contributed by atoms with Crippen LogP contribution in [0.1, 0.15) is 72.1 Å². The van der Waals surface area contributed by atoms with E-state index in [4.69, 9.17) is 0 Å². The van der Waals surface area contributed by atoms with E-state index in [2.05, 4.69) is 6.92 Å². The maximum atomic E-state index is 15.1. The molecule has 0 amide bonds. The minimum Gasteiger partial charge on any atom is -0.390 e. The van der Waals surface area contributed by atoms with Crippen LogP contribution >= 0.6 is 0 Å². The van der Waals surface area contributed by atoms with Gasteiger partial charge in [-0.15, -0.1) is 0 Å². The normalized spacial score (nSPS) is 57.0. The first-order chi connectivity index (χ1) is 11.2. The average Bonchev–Trinajstić information content (AvgIpc) is 2.85. The second-order valence-corrected chi connectivity index (χ2v) is 10.0. The number of Topliss-reactive ketones (excluding diaryl/α,β-unsaturated/α-hetero) is 1. The number of carbonyl (C=O) groups is 1. The smallest absolute Gasteiger partial charge is 0.133 e. The molecule has 4 aliphatic carbocycles. The minimum absolute atomic E-state index is 0.0596. The molecule has 0 bridgehead atoms. The van der Waals surface area contributed by atoms with Crippen LogP contribution in [-0.4, -0.2) is 22.7 Å². The van der Waals surface area contributed by atoms with Gasteiger partial charge in [-0.05, 0) is 100 Å². The van der Waals surface area contributed by atoms with Gasteiger partial charge in [-0.2, -0.15) is 0 Å². The van der Waals surface area contributed by atoms with Crippen molar-refractivity contribution in [3.63, 3.8) is 0 Å². The van der Waals surface area contributed by atoms with Crippen molar-refractivity contribution in [1.82, 2.24) is 0 Å². The highest BCUT2D eigenvalue weighted by molar-refractivity contribution is 5.79. The lowest BCUT2D eigenvalue weighted by Gasteiger charge is -2.57. The summed E-state index contributed by atoms with van der Waals surface area (Å²) in [6.45, 7) is 5.95. The van der Waals surface area contributed by atoms with Crippen LogP contribution in [0, 0.1) is 40.9 Å². The van der Waals surface area contributed by atoms with E-state index in [1.54, 1.807) is 6.92 Å². The largest absolute Gasteiger partial charge is 0.390 e. The molecule has 24 heavy (non-hydrogen) atoms. The molecule has 0 aliphatic heterocycles. The van der Waals surface area contributed by atoms with Gasteiger partial charge in [0.25, 0.3) is 0 Å². The standard InChI is InChI=1S/C21H33FO2/c1-12(23)17-4-5-18-15-10-19(22)16-11-20(2,24)8-6-14(16)13(15)7-9-21(17,18)3/h13-19,24H,4-11H2,1-3H3/t13-,14-,15-,16-,17-,18+,19-,20-,21-/m1/s1. The molecule has 0 heterocycles. The first kappa shape index (κ1) is 17.0. The number of ketones is 1. The van der Waals surface area contributed by atoms with Crippen LogP contribution in [0.25, 0.3) is 0 Å². The molecule has 0 aromatic heterocycles. The third-order valence-electron chi connectivity index (χ3n) is 8.74. The lowest BCUT2D eigenvalue weighted by molar-refractivity contribution is -0.137. The Morgan fingerprint density at radius 2 is 1.67 bits per heavy atom. The predicted octanol–water partition coefficient (Wildman–Crippen LogP) is 4.54. The molecule has 9 atom stereocenters. The molecule has 4 fully saturated rings. The summed E-state index contributed by atoms with van der Waals surface area (Å²) in [7, 11) is 0. The van der Waals surface area contributed by atoms with Gasteiger partial charge in [0.15, 0.2) is 0 Å². The van der Waals surface area contributed by atoms with E-state index >= 15 is 4.39 Å². The molecule has 0 saturated heterocycles. The van der Waals surface area contributed by atoms with Gasteiger partial charge in [-0.3, -0.25) is 4.79 Å². The van der Waals surface area contributed by atoms with Crippen LogP contribution in [0.4, 0.5) is 4.39 Å². The van der Waals surface area contributed by atoms with Crippen molar-refractivity contribution in [3.05, 3.63) is 0 Å². The number of aliphatic hydroxyl groups is 1. The maximum absolute atomic E-state index is 15.1. The van der Waals surface area contributed by atoms with Gasteiger partial charge in [0.1, 0.15) is 12.0 Å². The Balaban J connectivity index is 1.60. The van der Waals surface area contributed by atoms with E-state index in [0.717, 1.165) is 38.5 Å². The van der Waals surface area contributed by atoms with E-state index in [-0.39, 0.29) is 17.3 Å².